The highest BCUT2D eigenvalue weighted by Crippen LogP contribution is 2.30. The molecule has 0 radical (unpaired) electrons. The lowest BCUT2D eigenvalue weighted by atomic mass is 9.97. The zero-order valence-electron chi connectivity index (χ0n) is 11.7. The number of carbonyl (C=O) groups is 2. The van der Waals surface area contributed by atoms with Crippen molar-refractivity contribution in [3.05, 3.63) is 35.6 Å². The Morgan fingerprint density at radius 1 is 1.33 bits per heavy atom. The van der Waals surface area contributed by atoms with Gasteiger partial charge in [-0.1, -0.05) is 12.1 Å². The maximum absolute atomic E-state index is 13.1. The number of carbonyl (C=O) groups excluding carboxylic acids is 2. The molecule has 2 fully saturated rings. The maximum Gasteiger partial charge on any atom is 0.251 e. The predicted octanol–water partition coefficient (Wildman–Crippen LogP) is 1.00. The first-order valence-corrected chi connectivity index (χ1v) is 6.99. The summed E-state index contributed by atoms with van der Waals surface area (Å²) >= 11 is 0. The van der Waals surface area contributed by atoms with Crippen LogP contribution in [0, 0.1) is 5.82 Å². The summed E-state index contributed by atoms with van der Waals surface area (Å²) in [7, 11) is 1.64. The summed E-state index contributed by atoms with van der Waals surface area (Å²) in [5.41, 5.74) is 0.683. The minimum absolute atomic E-state index is 0.114. The van der Waals surface area contributed by atoms with E-state index in [2.05, 4.69) is 5.32 Å². The molecule has 2 amide bonds. The monoisotopic (exact) mass is 292 g/mol. The first kappa shape index (κ1) is 14.0. The van der Waals surface area contributed by atoms with Gasteiger partial charge in [0.15, 0.2) is 6.10 Å². The van der Waals surface area contributed by atoms with Gasteiger partial charge in [-0.3, -0.25) is 9.59 Å². The molecule has 112 valence electrons. The van der Waals surface area contributed by atoms with E-state index in [0.29, 0.717) is 5.56 Å². The predicted molar refractivity (Wildman–Crippen MR) is 72.8 cm³/mol. The van der Waals surface area contributed by atoms with Gasteiger partial charge in [0.25, 0.3) is 5.91 Å². The Morgan fingerprint density at radius 2 is 2.00 bits per heavy atom. The topological polar surface area (TPSA) is 58.6 Å². The van der Waals surface area contributed by atoms with E-state index in [0.717, 1.165) is 12.8 Å². The molecule has 1 saturated carbocycles. The molecule has 6 heteroatoms. The smallest absolute Gasteiger partial charge is 0.251 e. The summed E-state index contributed by atoms with van der Waals surface area (Å²) in [4.78, 5) is 25.6. The minimum atomic E-state index is -0.765. The van der Waals surface area contributed by atoms with Crippen molar-refractivity contribution >= 4 is 11.8 Å². The molecule has 1 N–H and O–H groups in total. The van der Waals surface area contributed by atoms with Crippen LogP contribution in [0.2, 0.25) is 0 Å². The summed E-state index contributed by atoms with van der Waals surface area (Å²) in [6.45, 7) is -0.114. The van der Waals surface area contributed by atoms with Gasteiger partial charge in [0.05, 0.1) is 6.04 Å². The molecule has 1 aromatic rings. The molecule has 0 spiro atoms. The number of hydrogen-bond acceptors (Lipinski definition) is 3. The Labute approximate surface area is 122 Å². The number of amides is 2. The molecule has 1 aromatic carbocycles. The Bertz CT molecular complexity index is 557. The second kappa shape index (κ2) is 5.44. The number of nitrogens with one attached hydrogen (secondary N) is 1. The van der Waals surface area contributed by atoms with Crippen LogP contribution in [0.15, 0.2) is 24.3 Å². The highest BCUT2D eigenvalue weighted by Gasteiger charge is 2.41. The van der Waals surface area contributed by atoms with Crippen molar-refractivity contribution in [2.24, 2.45) is 0 Å². The fourth-order valence-corrected chi connectivity index (χ4v) is 2.50. The van der Waals surface area contributed by atoms with Gasteiger partial charge < -0.3 is 15.0 Å². The average Bonchev–Trinajstić information content (AvgIpc) is 3.27. The van der Waals surface area contributed by atoms with Gasteiger partial charge in [-0.05, 0) is 30.5 Å². The number of morpholine rings is 1. The molecular formula is C15H17FN2O3. The standard InChI is InChI=1S/C15H17FN2O3/c1-18-12(19)8-21-14(15(20)17-11-6-7-11)13(18)9-2-4-10(16)5-3-9/h2-5,11,13-14H,6-8H2,1H3,(H,17,20)/t13-,14+/m1/s1. The number of hydrogen-bond donors (Lipinski definition) is 1. The molecule has 1 aliphatic carbocycles. The number of benzene rings is 1. The van der Waals surface area contributed by atoms with Crippen LogP contribution in [0.3, 0.4) is 0 Å². The van der Waals surface area contributed by atoms with Crippen LogP contribution < -0.4 is 5.32 Å². The SMILES string of the molecule is CN1C(=O)CO[C@H](C(=O)NC2CC2)[C@H]1c1ccc(F)cc1. The lowest BCUT2D eigenvalue weighted by molar-refractivity contribution is -0.162. The quantitative estimate of drug-likeness (QED) is 0.904. The molecule has 2 atom stereocenters. The van der Waals surface area contributed by atoms with E-state index >= 15 is 0 Å². The first-order valence-electron chi connectivity index (χ1n) is 6.99. The zero-order chi connectivity index (χ0) is 15.0. The van der Waals surface area contributed by atoms with Crippen molar-refractivity contribution in [2.45, 2.75) is 31.0 Å². The Balaban J connectivity index is 1.86. The fraction of sp³-hybridized carbons (Fsp3) is 0.467. The number of ether oxygens (including phenoxy) is 1. The van der Waals surface area contributed by atoms with Crippen LogP contribution >= 0.6 is 0 Å². The van der Waals surface area contributed by atoms with Crippen LogP contribution in [-0.4, -0.2) is 42.5 Å². The van der Waals surface area contributed by atoms with Gasteiger partial charge in [-0.15, -0.1) is 0 Å². The second-order valence-electron chi connectivity index (χ2n) is 5.52. The second-order valence-corrected chi connectivity index (χ2v) is 5.52. The molecule has 1 heterocycles. The van der Waals surface area contributed by atoms with E-state index in [1.165, 1.54) is 17.0 Å². The molecule has 0 unspecified atom stereocenters. The third-order valence-electron chi connectivity index (χ3n) is 3.88. The fourth-order valence-electron chi connectivity index (χ4n) is 2.50. The summed E-state index contributed by atoms with van der Waals surface area (Å²) in [6, 6.07) is 5.48. The van der Waals surface area contributed by atoms with Gasteiger partial charge in [-0.2, -0.15) is 0 Å². The van der Waals surface area contributed by atoms with Crippen LogP contribution in [0.5, 0.6) is 0 Å². The Morgan fingerprint density at radius 3 is 2.62 bits per heavy atom. The molecule has 0 bridgehead atoms. The molecule has 3 rings (SSSR count). The van der Waals surface area contributed by atoms with Crippen molar-refractivity contribution in [1.82, 2.24) is 10.2 Å². The van der Waals surface area contributed by atoms with Crippen LogP contribution in [-0.2, 0) is 14.3 Å². The molecule has 2 aliphatic rings. The lowest BCUT2D eigenvalue weighted by Gasteiger charge is -2.38. The van der Waals surface area contributed by atoms with Gasteiger partial charge in [-0.25, -0.2) is 4.39 Å². The lowest BCUT2D eigenvalue weighted by Crippen LogP contribution is -2.53. The average molecular weight is 292 g/mol. The minimum Gasteiger partial charge on any atom is -0.356 e. The first-order chi connectivity index (χ1) is 10.1. The van der Waals surface area contributed by atoms with Crippen molar-refractivity contribution in [1.29, 1.82) is 0 Å². The van der Waals surface area contributed by atoms with Crippen LogP contribution in [0.25, 0.3) is 0 Å². The summed E-state index contributed by atoms with van der Waals surface area (Å²) in [6.07, 6.45) is 1.20. The molecule has 1 aliphatic heterocycles. The van der Waals surface area contributed by atoms with Crippen LogP contribution in [0.4, 0.5) is 4.39 Å². The third kappa shape index (κ3) is 2.90. The summed E-state index contributed by atoms with van der Waals surface area (Å²) in [5, 5.41) is 2.89. The van der Waals surface area contributed by atoms with E-state index in [-0.39, 0.29) is 30.3 Å². The maximum atomic E-state index is 13.1. The van der Waals surface area contributed by atoms with Gasteiger partial charge in [0.2, 0.25) is 5.91 Å². The van der Waals surface area contributed by atoms with E-state index in [1.807, 2.05) is 0 Å². The largest absolute Gasteiger partial charge is 0.356 e. The molecule has 0 aromatic heterocycles. The van der Waals surface area contributed by atoms with Crippen molar-refractivity contribution in [3.8, 4) is 0 Å². The molecule has 5 nitrogen and oxygen atoms in total. The molecular weight excluding hydrogens is 275 g/mol. The van der Waals surface area contributed by atoms with E-state index in [1.54, 1.807) is 19.2 Å². The number of nitrogens with zero attached hydrogens (tertiary/aromatic N) is 1. The normalized spacial score (nSPS) is 25.8. The zero-order valence-corrected chi connectivity index (χ0v) is 11.7. The van der Waals surface area contributed by atoms with E-state index in [9.17, 15) is 14.0 Å². The Hall–Kier alpha value is -1.95. The highest BCUT2D eigenvalue weighted by molar-refractivity contribution is 5.86. The van der Waals surface area contributed by atoms with Gasteiger partial charge in [0.1, 0.15) is 12.4 Å². The van der Waals surface area contributed by atoms with Crippen molar-refractivity contribution in [3.63, 3.8) is 0 Å². The third-order valence-corrected chi connectivity index (χ3v) is 3.88. The molecule has 21 heavy (non-hydrogen) atoms. The molecule has 1 saturated heterocycles. The summed E-state index contributed by atoms with van der Waals surface area (Å²) < 4.78 is 18.5. The van der Waals surface area contributed by atoms with Gasteiger partial charge >= 0.3 is 0 Å². The highest BCUT2D eigenvalue weighted by atomic mass is 19.1. The number of halogens is 1. The summed E-state index contributed by atoms with van der Waals surface area (Å²) in [5.74, 6) is -0.769. The van der Waals surface area contributed by atoms with E-state index < -0.39 is 12.1 Å². The van der Waals surface area contributed by atoms with Crippen molar-refractivity contribution < 1.29 is 18.7 Å². The number of likely N-dealkylation sites (N-methyl/N-ethyl adjacent to an activating group) is 1. The number of rotatable bonds is 3. The van der Waals surface area contributed by atoms with E-state index in [4.69, 9.17) is 4.74 Å². The van der Waals surface area contributed by atoms with Crippen LogP contribution in [0.1, 0.15) is 24.4 Å². The van der Waals surface area contributed by atoms with Crippen molar-refractivity contribution in [2.75, 3.05) is 13.7 Å². The van der Waals surface area contributed by atoms with Gasteiger partial charge in [0, 0.05) is 13.1 Å². The Kier molecular flexibility index (Phi) is 3.63.